The van der Waals surface area contributed by atoms with Crippen molar-refractivity contribution in [3.63, 3.8) is 0 Å². The van der Waals surface area contributed by atoms with Crippen LogP contribution < -0.4 is 9.47 Å². The summed E-state index contributed by atoms with van der Waals surface area (Å²) in [5, 5.41) is 0. The van der Waals surface area contributed by atoms with Gasteiger partial charge in [0.1, 0.15) is 19.0 Å². The maximum absolute atomic E-state index is 12.7. The molecular weight excluding hydrogens is 364 g/mol. The number of carbonyl (C=O) groups excluding carboxylic acids is 1. The van der Waals surface area contributed by atoms with Crippen LogP contribution in [0.2, 0.25) is 0 Å². The van der Waals surface area contributed by atoms with Crippen molar-refractivity contribution in [1.82, 2.24) is 9.88 Å². The highest BCUT2D eigenvalue weighted by Gasteiger charge is 2.13. The molecule has 3 aromatic rings. The highest BCUT2D eigenvalue weighted by molar-refractivity contribution is 5.94. The average Bonchev–Trinajstić information content (AvgIpc) is 2.72. The van der Waals surface area contributed by atoms with Gasteiger partial charge in [-0.25, -0.2) is 4.98 Å². The smallest absolute Gasteiger partial charge is 0.253 e. The van der Waals surface area contributed by atoms with Crippen molar-refractivity contribution >= 4 is 5.91 Å². The number of hydrogen-bond donors (Lipinski definition) is 0. The number of carbonyl (C=O) groups is 1. The Bertz CT molecular complexity index is 937. The lowest BCUT2D eigenvalue weighted by Crippen LogP contribution is -2.30. The Morgan fingerprint density at radius 3 is 2.41 bits per heavy atom. The number of aromatic nitrogens is 1. The van der Waals surface area contributed by atoms with Gasteiger partial charge in [0.25, 0.3) is 5.91 Å². The van der Waals surface area contributed by atoms with Gasteiger partial charge in [-0.2, -0.15) is 0 Å². The van der Waals surface area contributed by atoms with Gasteiger partial charge in [-0.1, -0.05) is 36.4 Å². The van der Waals surface area contributed by atoms with Crippen LogP contribution in [-0.4, -0.2) is 36.0 Å². The molecule has 0 radical (unpaired) electrons. The molecule has 3 rings (SSSR count). The maximum Gasteiger partial charge on any atom is 0.253 e. The van der Waals surface area contributed by atoms with Gasteiger partial charge in [0, 0.05) is 24.9 Å². The molecule has 0 fully saturated rings. The van der Waals surface area contributed by atoms with Crippen LogP contribution in [0.5, 0.6) is 11.6 Å². The second kappa shape index (κ2) is 9.73. The number of aryl methyl sites for hydroxylation is 2. The fraction of sp³-hybridized carbons (Fsp3) is 0.250. The molecular formula is C24H26N2O3. The van der Waals surface area contributed by atoms with Gasteiger partial charge in [0.05, 0.1) is 6.54 Å². The van der Waals surface area contributed by atoms with Crippen molar-refractivity contribution in [1.29, 1.82) is 0 Å². The van der Waals surface area contributed by atoms with E-state index < -0.39 is 0 Å². The fourth-order valence-electron chi connectivity index (χ4n) is 2.99. The molecule has 0 saturated carbocycles. The molecule has 0 spiro atoms. The molecule has 1 amide bonds. The second-order valence-electron chi connectivity index (χ2n) is 7.06. The number of rotatable bonds is 8. The number of nitrogens with zero attached hydrogens (tertiary/aromatic N) is 2. The van der Waals surface area contributed by atoms with Crippen LogP contribution in [0.3, 0.4) is 0 Å². The Morgan fingerprint density at radius 1 is 0.966 bits per heavy atom. The lowest BCUT2D eigenvalue weighted by atomic mass is 10.1. The highest BCUT2D eigenvalue weighted by Crippen LogP contribution is 2.17. The van der Waals surface area contributed by atoms with Crippen LogP contribution in [0.1, 0.15) is 27.0 Å². The van der Waals surface area contributed by atoms with E-state index >= 15 is 0 Å². The van der Waals surface area contributed by atoms with Crippen LogP contribution in [0, 0.1) is 13.8 Å². The first-order valence-electron chi connectivity index (χ1n) is 9.60. The Morgan fingerprint density at radius 2 is 1.69 bits per heavy atom. The van der Waals surface area contributed by atoms with Gasteiger partial charge < -0.3 is 14.4 Å². The van der Waals surface area contributed by atoms with E-state index in [4.69, 9.17) is 9.47 Å². The van der Waals surface area contributed by atoms with Crippen LogP contribution in [-0.2, 0) is 6.61 Å². The van der Waals surface area contributed by atoms with Gasteiger partial charge in [-0.15, -0.1) is 0 Å². The van der Waals surface area contributed by atoms with Gasteiger partial charge in [0.15, 0.2) is 0 Å². The SMILES string of the molecule is Cc1cc(C)cc(OCCN(C)C(=O)c2ccnc(OCc3ccccc3)c2)c1. The van der Waals surface area contributed by atoms with E-state index in [0.717, 1.165) is 22.4 Å². The summed E-state index contributed by atoms with van der Waals surface area (Å²) in [6, 6.07) is 19.3. The Kier molecular flexibility index (Phi) is 6.85. The zero-order valence-corrected chi connectivity index (χ0v) is 17.1. The van der Waals surface area contributed by atoms with Crippen molar-refractivity contribution in [3.8, 4) is 11.6 Å². The molecule has 1 heterocycles. The molecule has 0 aliphatic carbocycles. The minimum atomic E-state index is -0.0963. The standard InChI is InChI=1S/C24H26N2O3/c1-18-13-19(2)15-22(14-18)28-12-11-26(3)24(27)21-9-10-25-23(16-21)29-17-20-7-5-4-6-8-20/h4-10,13-16H,11-12,17H2,1-3H3. The highest BCUT2D eigenvalue weighted by atomic mass is 16.5. The van der Waals surface area contributed by atoms with E-state index in [1.165, 1.54) is 0 Å². The number of pyridine rings is 1. The topological polar surface area (TPSA) is 51.7 Å². The molecule has 0 atom stereocenters. The van der Waals surface area contributed by atoms with Crippen LogP contribution >= 0.6 is 0 Å². The molecule has 0 aliphatic rings. The summed E-state index contributed by atoms with van der Waals surface area (Å²) in [6.07, 6.45) is 1.59. The number of likely N-dealkylation sites (N-methyl/N-ethyl adjacent to an activating group) is 1. The molecule has 150 valence electrons. The quantitative estimate of drug-likeness (QED) is 0.571. The summed E-state index contributed by atoms with van der Waals surface area (Å²) >= 11 is 0. The summed E-state index contributed by atoms with van der Waals surface area (Å²) in [5.74, 6) is 1.16. The van der Waals surface area contributed by atoms with E-state index in [0.29, 0.717) is 31.2 Å². The number of hydrogen-bond acceptors (Lipinski definition) is 4. The van der Waals surface area contributed by atoms with Gasteiger partial charge >= 0.3 is 0 Å². The van der Waals surface area contributed by atoms with Crippen LogP contribution in [0.15, 0.2) is 66.9 Å². The Hall–Kier alpha value is -3.34. The first-order valence-corrected chi connectivity index (χ1v) is 9.60. The first-order chi connectivity index (χ1) is 14.0. The molecule has 0 N–H and O–H groups in total. The average molecular weight is 390 g/mol. The zero-order valence-electron chi connectivity index (χ0n) is 17.1. The molecule has 29 heavy (non-hydrogen) atoms. The molecule has 0 aliphatic heterocycles. The third-order valence-corrected chi connectivity index (χ3v) is 4.45. The predicted molar refractivity (Wildman–Crippen MR) is 113 cm³/mol. The Labute approximate surface area is 171 Å². The van der Waals surface area contributed by atoms with Gasteiger partial charge in [0.2, 0.25) is 5.88 Å². The van der Waals surface area contributed by atoms with Gasteiger partial charge in [-0.05, 0) is 48.7 Å². The van der Waals surface area contributed by atoms with E-state index in [9.17, 15) is 4.79 Å². The van der Waals surface area contributed by atoms with E-state index in [2.05, 4.69) is 11.1 Å². The number of ether oxygens (including phenoxy) is 2. The summed E-state index contributed by atoms with van der Waals surface area (Å²) < 4.78 is 11.5. The molecule has 0 saturated heterocycles. The normalized spacial score (nSPS) is 10.4. The van der Waals surface area contributed by atoms with Crippen molar-refractivity contribution in [2.75, 3.05) is 20.2 Å². The molecule has 2 aromatic carbocycles. The molecule has 5 heteroatoms. The lowest BCUT2D eigenvalue weighted by molar-refractivity contribution is 0.0773. The molecule has 1 aromatic heterocycles. The summed E-state index contributed by atoms with van der Waals surface area (Å²) in [7, 11) is 1.76. The van der Waals surface area contributed by atoms with Crippen molar-refractivity contribution < 1.29 is 14.3 Å². The monoisotopic (exact) mass is 390 g/mol. The maximum atomic E-state index is 12.7. The molecule has 5 nitrogen and oxygen atoms in total. The predicted octanol–water partition coefficient (Wildman–Crippen LogP) is 4.43. The summed E-state index contributed by atoms with van der Waals surface area (Å²) in [5.41, 5.74) is 3.90. The Balaban J connectivity index is 1.53. The minimum absolute atomic E-state index is 0.0963. The third kappa shape index (κ3) is 6.07. The van der Waals surface area contributed by atoms with E-state index in [-0.39, 0.29) is 5.91 Å². The fourth-order valence-corrected chi connectivity index (χ4v) is 2.99. The summed E-state index contributed by atoms with van der Waals surface area (Å²) in [6.45, 7) is 5.39. The van der Waals surface area contributed by atoms with Crippen LogP contribution in [0.4, 0.5) is 0 Å². The van der Waals surface area contributed by atoms with Crippen LogP contribution in [0.25, 0.3) is 0 Å². The molecule has 0 unspecified atom stereocenters. The van der Waals surface area contributed by atoms with Gasteiger partial charge in [-0.3, -0.25) is 4.79 Å². The lowest BCUT2D eigenvalue weighted by Gasteiger charge is -2.18. The van der Waals surface area contributed by atoms with E-state index in [1.807, 2.05) is 56.3 Å². The molecule has 0 bridgehead atoms. The first kappa shape index (κ1) is 20.4. The second-order valence-corrected chi connectivity index (χ2v) is 7.06. The third-order valence-electron chi connectivity index (χ3n) is 4.45. The summed E-state index contributed by atoms with van der Waals surface area (Å²) in [4.78, 5) is 18.5. The largest absolute Gasteiger partial charge is 0.492 e. The number of benzene rings is 2. The number of amides is 1. The van der Waals surface area contributed by atoms with E-state index in [1.54, 1.807) is 30.3 Å². The van der Waals surface area contributed by atoms with Crippen molar-refractivity contribution in [3.05, 3.63) is 89.1 Å². The van der Waals surface area contributed by atoms with Crippen molar-refractivity contribution in [2.24, 2.45) is 0 Å². The minimum Gasteiger partial charge on any atom is -0.492 e. The van der Waals surface area contributed by atoms with Crippen molar-refractivity contribution in [2.45, 2.75) is 20.5 Å². The zero-order chi connectivity index (χ0) is 20.6.